The standard InChI is InChI=1S/C14H20N2O3/c1-18-14(17)8-13-10-16(5-6-19-13)9-11-3-2-4-12(15)7-11/h2-4,7,13H,5-6,8-10,15H2,1H3/t13-/m0/s1. The van der Waals surface area contributed by atoms with E-state index in [0.29, 0.717) is 13.0 Å². The van der Waals surface area contributed by atoms with Crippen molar-refractivity contribution in [1.82, 2.24) is 4.90 Å². The molecule has 1 heterocycles. The smallest absolute Gasteiger partial charge is 0.308 e. The van der Waals surface area contributed by atoms with Gasteiger partial charge in [0.1, 0.15) is 0 Å². The van der Waals surface area contributed by atoms with E-state index in [9.17, 15) is 4.79 Å². The van der Waals surface area contributed by atoms with Gasteiger partial charge in [-0.25, -0.2) is 0 Å². The Morgan fingerprint density at radius 3 is 3.16 bits per heavy atom. The molecular weight excluding hydrogens is 244 g/mol. The molecule has 1 saturated heterocycles. The van der Waals surface area contributed by atoms with Crippen molar-refractivity contribution >= 4 is 11.7 Å². The topological polar surface area (TPSA) is 64.8 Å². The van der Waals surface area contributed by atoms with Gasteiger partial charge in [-0.15, -0.1) is 0 Å². The maximum Gasteiger partial charge on any atom is 0.308 e. The number of rotatable bonds is 4. The van der Waals surface area contributed by atoms with E-state index >= 15 is 0 Å². The highest BCUT2D eigenvalue weighted by molar-refractivity contribution is 5.69. The third kappa shape index (κ3) is 4.22. The lowest BCUT2D eigenvalue weighted by atomic mass is 10.1. The molecule has 5 nitrogen and oxygen atoms in total. The molecule has 0 spiro atoms. The highest BCUT2D eigenvalue weighted by Crippen LogP contribution is 2.14. The summed E-state index contributed by atoms with van der Waals surface area (Å²) in [4.78, 5) is 13.5. The number of carbonyl (C=O) groups excluding carboxylic acids is 1. The van der Waals surface area contributed by atoms with Crippen molar-refractivity contribution in [2.75, 3.05) is 32.5 Å². The van der Waals surface area contributed by atoms with E-state index in [1.54, 1.807) is 0 Å². The van der Waals surface area contributed by atoms with Gasteiger partial charge in [-0.1, -0.05) is 12.1 Å². The number of benzene rings is 1. The molecule has 0 bridgehead atoms. The molecule has 1 aliphatic heterocycles. The maximum atomic E-state index is 11.3. The highest BCUT2D eigenvalue weighted by Gasteiger charge is 2.23. The van der Waals surface area contributed by atoms with Crippen LogP contribution < -0.4 is 5.73 Å². The molecule has 104 valence electrons. The van der Waals surface area contributed by atoms with Crippen LogP contribution in [0.15, 0.2) is 24.3 Å². The quantitative estimate of drug-likeness (QED) is 0.650. The monoisotopic (exact) mass is 264 g/mol. The highest BCUT2D eigenvalue weighted by atomic mass is 16.5. The summed E-state index contributed by atoms with van der Waals surface area (Å²) in [5.41, 5.74) is 7.72. The normalized spacial score (nSPS) is 20.2. The van der Waals surface area contributed by atoms with Crippen LogP contribution >= 0.6 is 0 Å². The summed E-state index contributed by atoms with van der Waals surface area (Å²) >= 11 is 0. The molecule has 1 atom stereocenters. The number of anilines is 1. The lowest BCUT2D eigenvalue weighted by molar-refractivity contribution is -0.145. The molecular formula is C14H20N2O3. The molecule has 2 N–H and O–H groups in total. The fourth-order valence-electron chi connectivity index (χ4n) is 2.27. The summed E-state index contributed by atoms with van der Waals surface area (Å²) < 4.78 is 10.2. The summed E-state index contributed by atoms with van der Waals surface area (Å²) in [5, 5.41) is 0. The van der Waals surface area contributed by atoms with Crippen LogP contribution in [0.1, 0.15) is 12.0 Å². The largest absolute Gasteiger partial charge is 0.469 e. The predicted molar refractivity (Wildman–Crippen MR) is 72.5 cm³/mol. The number of nitrogen functional groups attached to an aromatic ring is 1. The number of nitrogens with two attached hydrogens (primary N) is 1. The van der Waals surface area contributed by atoms with Gasteiger partial charge < -0.3 is 15.2 Å². The molecule has 0 amide bonds. The number of hydrogen-bond acceptors (Lipinski definition) is 5. The van der Waals surface area contributed by atoms with E-state index in [2.05, 4.69) is 15.7 Å². The third-order valence-corrected chi connectivity index (χ3v) is 3.20. The molecule has 1 aromatic rings. The van der Waals surface area contributed by atoms with Crippen LogP contribution in [0.4, 0.5) is 5.69 Å². The minimum absolute atomic E-state index is 0.0812. The van der Waals surface area contributed by atoms with Crippen LogP contribution in [0.3, 0.4) is 0 Å². The number of nitrogens with zero attached hydrogens (tertiary/aromatic N) is 1. The first-order valence-corrected chi connectivity index (χ1v) is 6.42. The second kappa shape index (κ2) is 6.54. The first kappa shape index (κ1) is 13.8. The Labute approximate surface area is 113 Å². The maximum absolute atomic E-state index is 11.3. The number of esters is 1. The van der Waals surface area contributed by atoms with Gasteiger partial charge in [0.05, 0.1) is 26.2 Å². The lowest BCUT2D eigenvalue weighted by Crippen LogP contribution is -2.42. The molecule has 2 rings (SSSR count). The van der Waals surface area contributed by atoms with Crippen LogP contribution in [0.5, 0.6) is 0 Å². The minimum atomic E-state index is -0.226. The fraction of sp³-hybridized carbons (Fsp3) is 0.500. The van der Waals surface area contributed by atoms with E-state index in [-0.39, 0.29) is 12.1 Å². The van der Waals surface area contributed by atoms with Crippen LogP contribution in [-0.2, 0) is 20.8 Å². The van der Waals surface area contributed by atoms with Crippen LogP contribution in [0.2, 0.25) is 0 Å². The number of carbonyl (C=O) groups is 1. The molecule has 1 aromatic carbocycles. The van der Waals surface area contributed by atoms with Crippen LogP contribution in [0, 0.1) is 0 Å². The van der Waals surface area contributed by atoms with Gasteiger partial charge in [-0.3, -0.25) is 9.69 Å². The number of ether oxygens (including phenoxy) is 2. The minimum Gasteiger partial charge on any atom is -0.469 e. The Kier molecular flexibility index (Phi) is 4.76. The van der Waals surface area contributed by atoms with Crippen molar-refractivity contribution in [3.63, 3.8) is 0 Å². The molecule has 0 unspecified atom stereocenters. The molecule has 19 heavy (non-hydrogen) atoms. The lowest BCUT2D eigenvalue weighted by Gasteiger charge is -2.32. The summed E-state index contributed by atoms with van der Waals surface area (Å²) in [6.45, 7) is 3.08. The molecule has 0 aromatic heterocycles. The van der Waals surface area contributed by atoms with E-state index in [4.69, 9.17) is 10.5 Å². The number of morpholine rings is 1. The summed E-state index contributed by atoms with van der Waals surface area (Å²) in [6.07, 6.45) is 0.228. The second-order valence-corrected chi connectivity index (χ2v) is 4.75. The molecule has 1 aliphatic rings. The predicted octanol–water partition coefficient (Wildman–Crippen LogP) is 1.03. The van der Waals surface area contributed by atoms with Gasteiger partial charge in [0.15, 0.2) is 0 Å². The number of methoxy groups -OCH3 is 1. The van der Waals surface area contributed by atoms with Gasteiger partial charge in [-0.2, -0.15) is 0 Å². The summed E-state index contributed by atoms with van der Waals surface area (Å²) in [6, 6.07) is 7.87. The Bertz CT molecular complexity index is 436. The Balaban J connectivity index is 1.89. The van der Waals surface area contributed by atoms with Gasteiger partial charge in [0, 0.05) is 25.3 Å². The van der Waals surface area contributed by atoms with E-state index in [0.717, 1.165) is 25.3 Å². The fourth-order valence-corrected chi connectivity index (χ4v) is 2.27. The number of hydrogen-bond donors (Lipinski definition) is 1. The molecule has 1 fully saturated rings. The van der Waals surface area contributed by atoms with Gasteiger partial charge in [-0.05, 0) is 17.7 Å². The van der Waals surface area contributed by atoms with Crippen molar-refractivity contribution in [3.05, 3.63) is 29.8 Å². The average molecular weight is 264 g/mol. The van der Waals surface area contributed by atoms with E-state index < -0.39 is 0 Å². The first-order chi connectivity index (χ1) is 9.17. The Morgan fingerprint density at radius 1 is 1.58 bits per heavy atom. The molecule has 5 heteroatoms. The second-order valence-electron chi connectivity index (χ2n) is 4.75. The van der Waals surface area contributed by atoms with Gasteiger partial charge in [0.2, 0.25) is 0 Å². The first-order valence-electron chi connectivity index (χ1n) is 6.42. The summed E-state index contributed by atoms with van der Waals surface area (Å²) in [5.74, 6) is -0.226. The third-order valence-electron chi connectivity index (χ3n) is 3.20. The van der Waals surface area contributed by atoms with Crippen molar-refractivity contribution in [2.45, 2.75) is 19.1 Å². The van der Waals surface area contributed by atoms with Crippen molar-refractivity contribution < 1.29 is 14.3 Å². The van der Waals surface area contributed by atoms with Crippen molar-refractivity contribution in [2.24, 2.45) is 0 Å². The Morgan fingerprint density at radius 2 is 2.42 bits per heavy atom. The zero-order valence-electron chi connectivity index (χ0n) is 11.2. The van der Waals surface area contributed by atoms with Crippen molar-refractivity contribution in [1.29, 1.82) is 0 Å². The summed E-state index contributed by atoms with van der Waals surface area (Å²) in [7, 11) is 1.40. The van der Waals surface area contributed by atoms with E-state index in [1.807, 2.05) is 18.2 Å². The molecule has 0 saturated carbocycles. The SMILES string of the molecule is COC(=O)C[C@H]1CN(Cc2cccc(N)c2)CCO1. The van der Waals surface area contributed by atoms with Crippen LogP contribution in [0.25, 0.3) is 0 Å². The van der Waals surface area contributed by atoms with Gasteiger partial charge in [0.25, 0.3) is 0 Å². The van der Waals surface area contributed by atoms with Gasteiger partial charge >= 0.3 is 5.97 Å². The zero-order chi connectivity index (χ0) is 13.7. The average Bonchev–Trinajstić information content (AvgIpc) is 2.39. The van der Waals surface area contributed by atoms with E-state index in [1.165, 1.54) is 12.7 Å². The molecule has 0 radical (unpaired) electrons. The van der Waals surface area contributed by atoms with Crippen molar-refractivity contribution in [3.8, 4) is 0 Å². The molecule has 0 aliphatic carbocycles. The Hall–Kier alpha value is -1.59. The zero-order valence-corrected chi connectivity index (χ0v) is 11.2. The van der Waals surface area contributed by atoms with Crippen LogP contribution in [-0.4, -0.2) is 43.8 Å².